The van der Waals surface area contributed by atoms with E-state index in [-0.39, 0.29) is 6.61 Å². The lowest BCUT2D eigenvalue weighted by atomic mass is 10.1. The van der Waals surface area contributed by atoms with E-state index in [0.29, 0.717) is 12.0 Å². The summed E-state index contributed by atoms with van der Waals surface area (Å²) in [5.74, 6) is 0.339. The molecule has 0 saturated heterocycles. The summed E-state index contributed by atoms with van der Waals surface area (Å²) in [4.78, 5) is 2.40. The van der Waals surface area contributed by atoms with E-state index in [0.717, 1.165) is 13.1 Å². The first-order valence-electron chi connectivity index (χ1n) is 6.02. The van der Waals surface area contributed by atoms with Crippen molar-refractivity contribution in [3.63, 3.8) is 0 Å². The Balaban J connectivity index is 2.58. The average Bonchev–Trinajstić information content (AvgIpc) is 2.29. The van der Waals surface area contributed by atoms with Gasteiger partial charge in [0.2, 0.25) is 0 Å². The van der Waals surface area contributed by atoms with Gasteiger partial charge in [0.15, 0.2) is 0 Å². The highest BCUT2D eigenvalue weighted by molar-refractivity contribution is 5.14. The molecule has 0 spiro atoms. The Bertz CT molecular complexity index is 284. The van der Waals surface area contributed by atoms with Gasteiger partial charge in [-0.25, -0.2) is 0 Å². The number of rotatable bonds is 6. The molecule has 0 aliphatic carbocycles. The van der Waals surface area contributed by atoms with Crippen LogP contribution in [-0.4, -0.2) is 29.2 Å². The van der Waals surface area contributed by atoms with Crippen LogP contribution in [0.3, 0.4) is 0 Å². The monoisotopic (exact) mass is 221 g/mol. The minimum atomic E-state index is 0.262. The number of nitrogens with zero attached hydrogens (tertiary/aromatic N) is 1. The second-order valence-corrected chi connectivity index (χ2v) is 4.80. The summed E-state index contributed by atoms with van der Waals surface area (Å²) in [6.45, 7) is 8.66. The maximum atomic E-state index is 9.10. The van der Waals surface area contributed by atoms with Crippen molar-refractivity contribution in [2.24, 2.45) is 5.92 Å². The number of hydrogen-bond donors (Lipinski definition) is 1. The number of aliphatic hydroxyl groups is 1. The van der Waals surface area contributed by atoms with Crippen LogP contribution in [0.25, 0.3) is 0 Å². The maximum absolute atomic E-state index is 9.10. The van der Waals surface area contributed by atoms with Gasteiger partial charge < -0.3 is 5.11 Å². The lowest BCUT2D eigenvalue weighted by molar-refractivity contribution is 0.143. The molecule has 2 heteroatoms. The van der Waals surface area contributed by atoms with Gasteiger partial charge in [-0.2, -0.15) is 0 Å². The third-order valence-corrected chi connectivity index (χ3v) is 2.82. The van der Waals surface area contributed by atoms with Crippen LogP contribution in [0.5, 0.6) is 0 Å². The Hall–Kier alpha value is -0.860. The van der Waals surface area contributed by atoms with Crippen LogP contribution in [0.1, 0.15) is 26.3 Å². The Kier molecular flexibility index (Phi) is 5.50. The summed E-state index contributed by atoms with van der Waals surface area (Å²) in [7, 11) is 0. The molecule has 0 bridgehead atoms. The Morgan fingerprint density at radius 2 is 1.75 bits per heavy atom. The smallest absolute Gasteiger partial charge is 0.0468 e. The fourth-order valence-corrected chi connectivity index (χ4v) is 1.73. The molecule has 90 valence electrons. The zero-order valence-corrected chi connectivity index (χ0v) is 10.6. The van der Waals surface area contributed by atoms with Crippen LogP contribution < -0.4 is 0 Å². The lowest BCUT2D eigenvalue weighted by Gasteiger charge is -2.28. The molecule has 0 heterocycles. The molecule has 0 aliphatic rings. The predicted molar refractivity (Wildman–Crippen MR) is 68.2 cm³/mol. The first-order valence-corrected chi connectivity index (χ1v) is 6.02. The van der Waals surface area contributed by atoms with E-state index in [1.54, 1.807) is 0 Å². The summed E-state index contributed by atoms with van der Waals surface area (Å²) in [6, 6.07) is 11.0. The number of benzene rings is 1. The molecule has 1 rings (SSSR count). The molecule has 0 saturated carbocycles. The molecule has 0 aliphatic heterocycles. The molecule has 0 fully saturated rings. The molecule has 1 atom stereocenters. The summed E-state index contributed by atoms with van der Waals surface area (Å²) >= 11 is 0. The van der Waals surface area contributed by atoms with E-state index < -0.39 is 0 Å². The van der Waals surface area contributed by atoms with Gasteiger partial charge in [-0.15, -0.1) is 0 Å². The van der Waals surface area contributed by atoms with E-state index in [2.05, 4.69) is 49.9 Å². The SMILES string of the molecule is CC(CO)CN(Cc1ccccc1)C(C)C. The first kappa shape index (κ1) is 13.2. The van der Waals surface area contributed by atoms with Crippen LogP contribution in [0, 0.1) is 5.92 Å². The Labute approximate surface area is 98.9 Å². The van der Waals surface area contributed by atoms with Crippen molar-refractivity contribution in [3.05, 3.63) is 35.9 Å². The topological polar surface area (TPSA) is 23.5 Å². The molecule has 1 unspecified atom stereocenters. The fourth-order valence-electron chi connectivity index (χ4n) is 1.73. The van der Waals surface area contributed by atoms with Crippen molar-refractivity contribution in [1.29, 1.82) is 0 Å². The second kappa shape index (κ2) is 6.66. The van der Waals surface area contributed by atoms with Gasteiger partial charge in [0, 0.05) is 25.7 Å². The molecule has 0 radical (unpaired) electrons. The third kappa shape index (κ3) is 4.33. The van der Waals surface area contributed by atoms with Crippen molar-refractivity contribution in [2.45, 2.75) is 33.4 Å². The fraction of sp³-hybridized carbons (Fsp3) is 0.571. The summed E-state index contributed by atoms with van der Waals surface area (Å²) in [5, 5.41) is 9.10. The highest BCUT2D eigenvalue weighted by Gasteiger charge is 2.13. The maximum Gasteiger partial charge on any atom is 0.0468 e. The van der Waals surface area contributed by atoms with Gasteiger partial charge >= 0.3 is 0 Å². The molecule has 0 amide bonds. The Morgan fingerprint density at radius 3 is 2.25 bits per heavy atom. The van der Waals surface area contributed by atoms with Gasteiger partial charge in [-0.3, -0.25) is 4.90 Å². The summed E-state index contributed by atoms with van der Waals surface area (Å²) in [6.07, 6.45) is 0. The van der Waals surface area contributed by atoms with Crippen molar-refractivity contribution in [2.75, 3.05) is 13.2 Å². The van der Waals surface area contributed by atoms with Gasteiger partial charge in [0.05, 0.1) is 0 Å². The van der Waals surface area contributed by atoms with Crippen LogP contribution in [0.2, 0.25) is 0 Å². The molecule has 16 heavy (non-hydrogen) atoms. The van der Waals surface area contributed by atoms with Gasteiger partial charge in [0.1, 0.15) is 0 Å². The quantitative estimate of drug-likeness (QED) is 0.798. The summed E-state index contributed by atoms with van der Waals surface area (Å²) < 4.78 is 0. The molecule has 1 aromatic carbocycles. The van der Waals surface area contributed by atoms with Crippen LogP contribution in [0.4, 0.5) is 0 Å². The van der Waals surface area contributed by atoms with Gasteiger partial charge in [-0.05, 0) is 25.3 Å². The standard InChI is InChI=1S/C14H23NO/c1-12(2)15(9-13(3)11-16)10-14-7-5-4-6-8-14/h4-8,12-13,16H,9-11H2,1-3H3. The van der Waals surface area contributed by atoms with Crippen LogP contribution in [-0.2, 0) is 6.54 Å². The van der Waals surface area contributed by atoms with Crippen molar-refractivity contribution in [3.8, 4) is 0 Å². The minimum absolute atomic E-state index is 0.262. The van der Waals surface area contributed by atoms with E-state index >= 15 is 0 Å². The Morgan fingerprint density at radius 1 is 1.12 bits per heavy atom. The first-order chi connectivity index (χ1) is 7.63. The molecular weight excluding hydrogens is 198 g/mol. The lowest BCUT2D eigenvalue weighted by Crippen LogP contribution is -2.35. The molecule has 2 nitrogen and oxygen atoms in total. The van der Waals surface area contributed by atoms with Crippen LogP contribution in [0.15, 0.2) is 30.3 Å². The average molecular weight is 221 g/mol. The molecule has 1 aromatic rings. The largest absolute Gasteiger partial charge is 0.396 e. The minimum Gasteiger partial charge on any atom is -0.396 e. The van der Waals surface area contributed by atoms with E-state index in [9.17, 15) is 0 Å². The predicted octanol–water partition coefficient (Wildman–Crippen LogP) is 2.53. The highest BCUT2D eigenvalue weighted by Crippen LogP contribution is 2.10. The van der Waals surface area contributed by atoms with Gasteiger partial charge in [0.25, 0.3) is 0 Å². The molecule has 0 aromatic heterocycles. The van der Waals surface area contributed by atoms with Crippen molar-refractivity contribution < 1.29 is 5.11 Å². The number of aliphatic hydroxyl groups excluding tert-OH is 1. The van der Waals surface area contributed by atoms with E-state index in [1.165, 1.54) is 5.56 Å². The van der Waals surface area contributed by atoms with Gasteiger partial charge in [-0.1, -0.05) is 37.3 Å². The van der Waals surface area contributed by atoms with Crippen LogP contribution >= 0.6 is 0 Å². The molecular formula is C14H23NO. The third-order valence-electron chi connectivity index (χ3n) is 2.82. The van der Waals surface area contributed by atoms with Crippen molar-refractivity contribution in [1.82, 2.24) is 4.90 Å². The zero-order valence-electron chi connectivity index (χ0n) is 10.6. The second-order valence-electron chi connectivity index (χ2n) is 4.80. The zero-order chi connectivity index (χ0) is 12.0. The van der Waals surface area contributed by atoms with E-state index in [1.807, 2.05) is 6.07 Å². The summed E-state index contributed by atoms with van der Waals surface area (Å²) in [5.41, 5.74) is 1.33. The number of hydrogen-bond acceptors (Lipinski definition) is 2. The van der Waals surface area contributed by atoms with E-state index in [4.69, 9.17) is 5.11 Å². The molecule has 1 N–H and O–H groups in total. The highest BCUT2D eigenvalue weighted by atomic mass is 16.3. The van der Waals surface area contributed by atoms with Crippen molar-refractivity contribution >= 4 is 0 Å². The normalized spacial score (nSPS) is 13.4.